The van der Waals surface area contributed by atoms with Gasteiger partial charge in [0, 0.05) is 39.5 Å². The second-order valence-corrected chi connectivity index (χ2v) is 9.16. The number of hydrogen-bond donors (Lipinski definition) is 1. The molecule has 0 spiro atoms. The molecule has 2 atom stereocenters. The second kappa shape index (κ2) is 10.4. The fraction of sp³-hybridized carbons (Fsp3) is 0.233. The van der Waals surface area contributed by atoms with Gasteiger partial charge in [0.1, 0.15) is 5.75 Å². The summed E-state index contributed by atoms with van der Waals surface area (Å²) in [6.07, 6.45) is 1.77. The van der Waals surface area contributed by atoms with E-state index in [9.17, 15) is 14.9 Å². The van der Waals surface area contributed by atoms with E-state index in [1.807, 2.05) is 79.7 Å². The molecule has 8 heteroatoms. The summed E-state index contributed by atoms with van der Waals surface area (Å²) >= 11 is 0. The van der Waals surface area contributed by atoms with E-state index in [2.05, 4.69) is 9.55 Å². The third-order valence-electron chi connectivity index (χ3n) is 7.22. The molecule has 0 bridgehead atoms. The molecule has 2 heterocycles. The number of nitro groups is 1. The molecule has 3 aromatic carbocycles. The number of H-pyrrole nitrogens is 1. The molecule has 5 aromatic rings. The number of fused-ring (bicyclic) bond motifs is 2. The number of carbonyl (C=O) groups excluding carboxylic acids is 1. The molecule has 0 aliphatic carbocycles. The third-order valence-corrected chi connectivity index (χ3v) is 7.22. The number of benzene rings is 3. The number of para-hydroxylation sites is 2. The summed E-state index contributed by atoms with van der Waals surface area (Å²) in [7, 11) is 2.94. The number of rotatable bonds is 9. The normalized spacial score (nSPS) is 12.9. The molecular weight excluding hydrogens is 482 g/mol. The van der Waals surface area contributed by atoms with E-state index in [1.165, 1.54) is 7.11 Å². The first-order valence-electron chi connectivity index (χ1n) is 12.5. The smallest absolute Gasteiger partial charge is 0.314 e. The summed E-state index contributed by atoms with van der Waals surface area (Å²) < 4.78 is 12.8. The van der Waals surface area contributed by atoms with Gasteiger partial charge in [-0.05, 0) is 60.0 Å². The number of nitrogens with zero attached hydrogens (tertiary/aromatic N) is 2. The topological polar surface area (TPSA) is 99.4 Å². The van der Waals surface area contributed by atoms with Gasteiger partial charge < -0.3 is 19.0 Å². The molecule has 0 aliphatic rings. The number of aromatic amines is 1. The maximum Gasteiger partial charge on any atom is 0.314 e. The van der Waals surface area contributed by atoms with E-state index >= 15 is 0 Å². The zero-order valence-electron chi connectivity index (χ0n) is 21.5. The lowest BCUT2D eigenvalue weighted by Crippen LogP contribution is -2.27. The van der Waals surface area contributed by atoms with Crippen LogP contribution in [0.4, 0.5) is 0 Å². The standard InChI is InChI=1S/C30H29N3O5/c1-4-32-26-12-8-6-10-22(26)27(29(32)19-13-15-20(37-2)16-14-19)24(18-33(35)36)28(30(34)38-3)23-17-31-25-11-7-5-9-21(23)25/h5-17,24,28,31H,4,18H2,1-3H3. The van der Waals surface area contributed by atoms with Crippen LogP contribution in [0.25, 0.3) is 33.1 Å². The monoisotopic (exact) mass is 511 g/mol. The molecule has 0 saturated carbocycles. The van der Waals surface area contributed by atoms with Crippen LogP contribution in [0, 0.1) is 10.1 Å². The highest BCUT2D eigenvalue weighted by Gasteiger charge is 2.40. The van der Waals surface area contributed by atoms with Crippen LogP contribution < -0.4 is 4.74 Å². The first kappa shape index (κ1) is 25.1. The summed E-state index contributed by atoms with van der Waals surface area (Å²) in [4.78, 5) is 28.6. The predicted octanol–water partition coefficient (Wildman–Crippen LogP) is 6.14. The Morgan fingerprint density at radius 3 is 2.34 bits per heavy atom. The van der Waals surface area contributed by atoms with Crippen LogP contribution in [0.3, 0.4) is 0 Å². The molecular formula is C30H29N3O5. The van der Waals surface area contributed by atoms with Gasteiger partial charge in [-0.25, -0.2) is 0 Å². The molecule has 38 heavy (non-hydrogen) atoms. The Labute approximate surface area is 219 Å². The van der Waals surface area contributed by atoms with Crippen LogP contribution in [-0.2, 0) is 16.1 Å². The molecule has 2 unspecified atom stereocenters. The lowest BCUT2D eigenvalue weighted by atomic mass is 9.79. The Hall–Kier alpha value is -4.59. The number of hydrogen-bond acceptors (Lipinski definition) is 5. The van der Waals surface area contributed by atoms with Crippen LogP contribution in [-0.4, -0.2) is 41.2 Å². The number of aromatic nitrogens is 2. The molecule has 0 aliphatic heterocycles. The van der Waals surface area contributed by atoms with Crippen molar-refractivity contribution in [1.29, 1.82) is 0 Å². The van der Waals surface area contributed by atoms with E-state index in [4.69, 9.17) is 9.47 Å². The highest BCUT2D eigenvalue weighted by atomic mass is 16.6. The molecule has 1 N–H and O–H groups in total. The van der Waals surface area contributed by atoms with Crippen molar-refractivity contribution in [3.63, 3.8) is 0 Å². The lowest BCUT2D eigenvalue weighted by Gasteiger charge is -2.24. The fourth-order valence-corrected chi connectivity index (χ4v) is 5.60. The van der Waals surface area contributed by atoms with Crippen molar-refractivity contribution in [2.75, 3.05) is 20.8 Å². The first-order chi connectivity index (χ1) is 18.5. The number of carbonyl (C=O) groups is 1. The molecule has 0 fully saturated rings. The minimum atomic E-state index is -0.908. The van der Waals surface area contributed by atoms with Crippen LogP contribution in [0.15, 0.2) is 79.0 Å². The van der Waals surface area contributed by atoms with Crippen LogP contribution in [0.2, 0.25) is 0 Å². The van der Waals surface area contributed by atoms with Crippen molar-refractivity contribution >= 4 is 27.8 Å². The quantitative estimate of drug-likeness (QED) is 0.146. The van der Waals surface area contributed by atoms with E-state index in [1.54, 1.807) is 13.3 Å². The van der Waals surface area contributed by atoms with Gasteiger partial charge in [-0.15, -0.1) is 0 Å². The van der Waals surface area contributed by atoms with E-state index in [-0.39, 0.29) is 4.92 Å². The van der Waals surface area contributed by atoms with Gasteiger partial charge in [0.25, 0.3) is 0 Å². The third kappa shape index (κ3) is 4.28. The summed E-state index contributed by atoms with van der Waals surface area (Å²) in [5.41, 5.74) is 4.96. The summed E-state index contributed by atoms with van der Waals surface area (Å²) in [5.74, 6) is -1.51. The molecule has 2 aromatic heterocycles. The fourth-order valence-electron chi connectivity index (χ4n) is 5.60. The Morgan fingerprint density at radius 2 is 1.68 bits per heavy atom. The van der Waals surface area contributed by atoms with E-state index < -0.39 is 24.3 Å². The van der Waals surface area contributed by atoms with Gasteiger partial charge in [0.15, 0.2) is 0 Å². The number of esters is 1. The first-order valence-corrected chi connectivity index (χ1v) is 12.5. The van der Waals surface area contributed by atoms with E-state index in [0.29, 0.717) is 17.9 Å². The minimum Gasteiger partial charge on any atom is -0.497 e. The predicted molar refractivity (Wildman–Crippen MR) is 147 cm³/mol. The molecule has 0 radical (unpaired) electrons. The molecule has 0 amide bonds. The van der Waals surface area contributed by atoms with Crippen LogP contribution in [0.1, 0.15) is 29.9 Å². The van der Waals surface area contributed by atoms with Crippen molar-refractivity contribution < 1.29 is 19.2 Å². The van der Waals surface area contributed by atoms with Crippen molar-refractivity contribution in [3.05, 3.63) is 100 Å². The summed E-state index contributed by atoms with van der Waals surface area (Å²) in [6.45, 7) is 2.24. The average molecular weight is 512 g/mol. The van der Waals surface area contributed by atoms with Crippen molar-refractivity contribution in [2.24, 2.45) is 0 Å². The van der Waals surface area contributed by atoms with Gasteiger partial charge in [0.2, 0.25) is 6.54 Å². The zero-order chi connectivity index (χ0) is 26.8. The Morgan fingerprint density at radius 1 is 1.00 bits per heavy atom. The van der Waals surface area contributed by atoms with Gasteiger partial charge in [0.05, 0.1) is 31.7 Å². The number of methoxy groups -OCH3 is 2. The molecule has 5 rings (SSSR count). The van der Waals surface area contributed by atoms with Crippen molar-refractivity contribution in [2.45, 2.75) is 25.3 Å². The van der Waals surface area contributed by atoms with Crippen LogP contribution >= 0.6 is 0 Å². The van der Waals surface area contributed by atoms with E-state index in [0.717, 1.165) is 38.6 Å². The molecule has 0 saturated heterocycles. The maximum absolute atomic E-state index is 13.5. The highest BCUT2D eigenvalue weighted by molar-refractivity contribution is 5.96. The second-order valence-electron chi connectivity index (χ2n) is 9.16. The molecule has 8 nitrogen and oxygen atoms in total. The Balaban J connectivity index is 1.84. The highest BCUT2D eigenvalue weighted by Crippen LogP contribution is 2.46. The summed E-state index contributed by atoms with van der Waals surface area (Å²) in [6, 6.07) is 23.1. The van der Waals surface area contributed by atoms with Gasteiger partial charge in [-0.3, -0.25) is 14.9 Å². The SMILES string of the molecule is CCn1c(-c2ccc(OC)cc2)c(C(C[N+](=O)[O-])C(C(=O)OC)c2c[nH]c3ccccc23)c2ccccc21. The average Bonchev–Trinajstić information content (AvgIpc) is 3.51. The summed E-state index contributed by atoms with van der Waals surface area (Å²) in [5, 5.41) is 13.9. The molecule has 194 valence electrons. The number of aryl methyl sites for hydroxylation is 1. The van der Waals surface area contributed by atoms with Crippen molar-refractivity contribution in [1.82, 2.24) is 9.55 Å². The zero-order valence-corrected chi connectivity index (χ0v) is 21.5. The Kier molecular flexibility index (Phi) is 6.87. The van der Waals surface area contributed by atoms with Crippen LogP contribution in [0.5, 0.6) is 5.75 Å². The number of nitrogens with one attached hydrogen (secondary N) is 1. The largest absolute Gasteiger partial charge is 0.497 e. The number of ether oxygens (including phenoxy) is 2. The van der Waals surface area contributed by atoms with Crippen molar-refractivity contribution in [3.8, 4) is 17.0 Å². The Bertz CT molecular complexity index is 1620. The minimum absolute atomic E-state index is 0.342. The maximum atomic E-state index is 13.5. The van der Waals surface area contributed by atoms with Gasteiger partial charge >= 0.3 is 5.97 Å². The van der Waals surface area contributed by atoms with Gasteiger partial charge in [-0.1, -0.05) is 36.4 Å². The lowest BCUT2D eigenvalue weighted by molar-refractivity contribution is -0.483. The van der Waals surface area contributed by atoms with Gasteiger partial charge in [-0.2, -0.15) is 0 Å².